The van der Waals surface area contributed by atoms with Crippen LogP contribution in [0.3, 0.4) is 0 Å². The average molecular weight is 434 g/mol. The van der Waals surface area contributed by atoms with E-state index in [0.717, 1.165) is 21.3 Å². The van der Waals surface area contributed by atoms with Crippen molar-refractivity contribution in [3.8, 4) is 17.7 Å². The third-order valence-electron chi connectivity index (χ3n) is 5.29. The Hall–Kier alpha value is -3.92. The molecule has 0 radical (unpaired) electrons. The average Bonchev–Trinajstić information content (AvgIpc) is 2.72. The van der Waals surface area contributed by atoms with E-state index < -0.39 is 23.0 Å². The van der Waals surface area contributed by atoms with Gasteiger partial charge in [0, 0.05) is 0 Å². The number of ketones is 1. The van der Waals surface area contributed by atoms with Gasteiger partial charge >= 0.3 is 0 Å². The maximum absolute atomic E-state index is 13.2. The minimum atomic E-state index is -0.727. The van der Waals surface area contributed by atoms with Gasteiger partial charge in [-0.1, -0.05) is 29.8 Å². The lowest BCUT2D eigenvalue weighted by Gasteiger charge is -2.17. The number of carbonyl (C=O) groups is 1. The van der Waals surface area contributed by atoms with Gasteiger partial charge in [-0.05, 0) is 62.1 Å². The number of benzene rings is 2. The van der Waals surface area contributed by atoms with E-state index in [2.05, 4.69) is 0 Å². The summed E-state index contributed by atoms with van der Waals surface area (Å²) in [6, 6.07) is 11.1. The van der Waals surface area contributed by atoms with Crippen LogP contribution in [0.4, 0.5) is 4.39 Å². The Balaban J connectivity index is 2.00. The number of aryl methyl sites for hydroxylation is 3. The van der Waals surface area contributed by atoms with E-state index in [1.165, 1.54) is 31.2 Å². The molecular formula is C25H23FN2O4. The molecule has 1 aromatic heterocycles. The van der Waals surface area contributed by atoms with Gasteiger partial charge in [-0.3, -0.25) is 14.2 Å². The molecule has 0 amide bonds. The molecule has 0 fully saturated rings. The predicted molar refractivity (Wildman–Crippen MR) is 118 cm³/mol. The van der Waals surface area contributed by atoms with Gasteiger partial charge in [-0.15, -0.1) is 0 Å². The maximum atomic E-state index is 13.2. The zero-order chi connectivity index (χ0) is 23.6. The lowest BCUT2D eigenvalue weighted by atomic mass is 10.0. The van der Waals surface area contributed by atoms with Gasteiger partial charge in [0.25, 0.3) is 5.56 Å². The topological polar surface area (TPSA) is 92.3 Å². The summed E-state index contributed by atoms with van der Waals surface area (Å²) in [5.74, 6) is -0.992. The number of aromatic nitrogens is 1. The summed E-state index contributed by atoms with van der Waals surface area (Å²) in [4.78, 5) is 25.8. The Morgan fingerprint density at radius 3 is 2.28 bits per heavy atom. The molecule has 0 spiro atoms. The van der Waals surface area contributed by atoms with Crippen molar-refractivity contribution in [2.45, 2.75) is 34.2 Å². The van der Waals surface area contributed by atoms with Gasteiger partial charge in [0.05, 0.1) is 12.1 Å². The monoisotopic (exact) mass is 434 g/mol. The molecule has 164 valence electrons. The number of hydrogen-bond donors (Lipinski definition) is 1. The highest BCUT2D eigenvalue weighted by Gasteiger charge is 2.24. The number of pyridine rings is 1. The van der Waals surface area contributed by atoms with Gasteiger partial charge in [0.1, 0.15) is 23.2 Å². The van der Waals surface area contributed by atoms with E-state index in [1.807, 2.05) is 39.0 Å². The fourth-order valence-corrected chi connectivity index (χ4v) is 3.81. The van der Waals surface area contributed by atoms with E-state index in [-0.39, 0.29) is 29.8 Å². The molecule has 6 nitrogen and oxygen atoms in total. The van der Waals surface area contributed by atoms with Gasteiger partial charge in [-0.25, -0.2) is 4.39 Å². The fourth-order valence-electron chi connectivity index (χ4n) is 3.81. The van der Waals surface area contributed by atoms with Crippen molar-refractivity contribution in [1.29, 1.82) is 5.26 Å². The van der Waals surface area contributed by atoms with Crippen LogP contribution in [0.2, 0.25) is 0 Å². The number of hydrogen-bond acceptors (Lipinski definition) is 5. The Kier molecular flexibility index (Phi) is 6.45. The van der Waals surface area contributed by atoms with Crippen LogP contribution in [0.1, 0.15) is 43.7 Å². The molecule has 32 heavy (non-hydrogen) atoms. The van der Waals surface area contributed by atoms with Gasteiger partial charge in [0.2, 0.25) is 11.7 Å². The van der Waals surface area contributed by atoms with E-state index in [4.69, 9.17) is 4.74 Å². The van der Waals surface area contributed by atoms with E-state index in [1.54, 1.807) is 0 Å². The molecule has 0 aliphatic heterocycles. The summed E-state index contributed by atoms with van der Waals surface area (Å²) in [6.45, 7) is 6.65. The Bertz CT molecular complexity index is 1280. The SMILES string of the molecule is Cc1cc(C)c(OCC(=O)c2c(C)c(C#N)c(=O)n(Cc3ccc(F)cc3)c2O)c(C)c1. The number of ether oxygens (including phenoxy) is 1. The van der Waals surface area contributed by atoms with Crippen LogP contribution < -0.4 is 10.3 Å². The fraction of sp³-hybridized carbons (Fsp3) is 0.240. The summed E-state index contributed by atoms with van der Waals surface area (Å²) in [7, 11) is 0. The van der Waals surface area contributed by atoms with Crippen molar-refractivity contribution in [2.24, 2.45) is 0 Å². The zero-order valence-corrected chi connectivity index (χ0v) is 18.3. The van der Waals surface area contributed by atoms with E-state index in [9.17, 15) is 24.3 Å². The first kappa shape index (κ1) is 22.8. The lowest BCUT2D eigenvalue weighted by Crippen LogP contribution is -2.28. The van der Waals surface area contributed by atoms with Crippen molar-refractivity contribution in [3.05, 3.63) is 91.5 Å². The third kappa shape index (κ3) is 4.40. The maximum Gasteiger partial charge on any atom is 0.271 e. The number of rotatable bonds is 6. The standard InChI is InChI=1S/C25H23FN2O4/c1-14-9-15(2)23(16(3)10-14)32-13-21(29)22-17(4)20(11-27)24(30)28(25(22)31)12-18-5-7-19(26)8-6-18/h5-10,31H,12-13H2,1-4H3. The van der Waals surface area contributed by atoms with Crippen LogP contribution in [-0.2, 0) is 6.54 Å². The number of Topliss-reactive ketones (excluding diaryl/α,β-unsaturated/α-hetero) is 1. The Morgan fingerprint density at radius 2 is 1.72 bits per heavy atom. The number of nitriles is 1. The number of nitrogens with zero attached hydrogens (tertiary/aromatic N) is 2. The molecule has 0 aliphatic rings. The Morgan fingerprint density at radius 1 is 1.12 bits per heavy atom. The van der Waals surface area contributed by atoms with Crippen LogP contribution >= 0.6 is 0 Å². The van der Waals surface area contributed by atoms with Crippen molar-refractivity contribution in [2.75, 3.05) is 6.61 Å². The minimum Gasteiger partial charge on any atom is -0.494 e. The molecule has 2 aromatic carbocycles. The number of aromatic hydroxyl groups is 1. The van der Waals surface area contributed by atoms with Crippen molar-refractivity contribution < 1.29 is 19.0 Å². The number of halogens is 1. The molecule has 3 aromatic rings. The molecule has 0 atom stereocenters. The largest absolute Gasteiger partial charge is 0.494 e. The molecule has 1 heterocycles. The first-order valence-electron chi connectivity index (χ1n) is 9.98. The van der Waals surface area contributed by atoms with Crippen LogP contribution in [0.5, 0.6) is 11.6 Å². The molecule has 7 heteroatoms. The minimum absolute atomic E-state index is 0.0938. The summed E-state index contributed by atoms with van der Waals surface area (Å²) in [5, 5.41) is 20.3. The highest BCUT2D eigenvalue weighted by molar-refractivity contribution is 6.01. The second kappa shape index (κ2) is 9.06. The smallest absolute Gasteiger partial charge is 0.271 e. The van der Waals surface area contributed by atoms with Gasteiger partial charge in [0.15, 0.2) is 6.61 Å². The van der Waals surface area contributed by atoms with Crippen molar-refractivity contribution in [3.63, 3.8) is 0 Å². The molecule has 0 aliphatic carbocycles. The molecule has 1 N–H and O–H groups in total. The highest BCUT2D eigenvalue weighted by Crippen LogP contribution is 2.27. The summed E-state index contributed by atoms with van der Waals surface area (Å²) in [6.07, 6.45) is 0. The third-order valence-corrected chi connectivity index (χ3v) is 5.29. The first-order chi connectivity index (χ1) is 15.1. The predicted octanol–water partition coefficient (Wildman–Crippen LogP) is 4.11. The van der Waals surface area contributed by atoms with Gasteiger partial charge in [-0.2, -0.15) is 5.26 Å². The quantitative estimate of drug-likeness (QED) is 0.590. The second-order valence-electron chi connectivity index (χ2n) is 7.77. The normalized spacial score (nSPS) is 10.6. The van der Waals surface area contributed by atoms with Crippen LogP contribution in [0, 0.1) is 44.8 Å². The van der Waals surface area contributed by atoms with Crippen LogP contribution in [0.15, 0.2) is 41.2 Å². The zero-order valence-electron chi connectivity index (χ0n) is 18.3. The van der Waals surface area contributed by atoms with Crippen molar-refractivity contribution in [1.82, 2.24) is 4.57 Å². The molecule has 0 unspecified atom stereocenters. The van der Waals surface area contributed by atoms with E-state index >= 15 is 0 Å². The lowest BCUT2D eigenvalue weighted by molar-refractivity contribution is 0.0915. The molecule has 0 saturated heterocycles. The van der Waals surface area contributed by atoms with Crippen LogP contribution in [-0.4, -0.2) is 22.1 Å². The first-order valence-corrected chi connectivity index (χ1v) is 9.98. The molecule has 0 bridgehead atoms. The van der Waals surface area contributed by atoms with Crippen LogP contribution in [0.25, 0.3) is 0 Å². The van der Waals surface area contributed by atoms with Crippen molar-refractivity contribution >= 4 is 5.78 Å². The second-order valence-corrected chi connectivity index (χ2v) is 7.77. The summed E-state index contributed by atoms with van der Waals surface area (Å²) in [5.41, 5.74) is 2.31. The molecular weight excluding hydrogens is 411 g/mol. The Labute approximate surface area is 185 Å². The van der Waals surface area contributed by atoms with E-state index in [0.29, 0.717) is 11.3 Å². The number of carbonyl (C=O) groups excluding carboxylic acids is 1. The summed E-state index contributed by atoms with van der Waals surface area (Å²) < 4.78 is 19.9. The molecule has 3 rings (SSSR count). The highest BCUT2D eigenvalue weighted by atomic mass is 19.1. The van der Waals surface area contributed by atoms with Gasteiger partial charge < -0.3 is 9.84 Å². The summed E-state index contributed by atoms with van der Waals surface area (Å²) >= 11 is 0. The molecule has 0 saturated carbocycles.